The summed E-state index contributed by atoms with van der Waals surface area (Å²) in [6, 6.07) is 3.74. The summed E-state index contributed by atoms with van der Waals surface area (Å²) in [6.07, 6.45) is 0.777. The van der Waals surface area contributed by atoms with E-state index in [2.05, 4.69) is 15.5 Å². The van der Waals surface area contributed by atoms with Crippen LogP contribution < -0.4 is 11.0 Å². The summed E-state index contributed by atoms with van der Waals surface area (Å²) < 4.78 is 14.5. The third kappa shape index (κ3) is 4.35. The number of aromatic nitrogens is 3. The van der Waals surface area contributed by atoms with Gasteiger partial charge in [-0.05, 0) is 31.5 Å². The van der Waals surface area contributed by atoms with E-state index in [0.29, 0.717) is 17.4 Å². The van der Waals surface area contributed by atoms with Crippen LogP contribution in [0.15, 0.2) is 28.2 Å². The van der Waals surface area contributed by atoms with Gasteiger partial charge in [0.1, 0.15) is 5.82 Å². The highest BCUT2D eigenvalue weighted by molar-refractivity contribution is 8.00. The number of carbonyl (C=O) groups excluding carboxylic acids is 1. The van der Waals surface area contributed by atoms with Crippen LogP contribution in [0, 0.1) is 5.82 Å². The van der Waals surface area contributed by atoms with Crippen molar-refractivity contribution in [1.82, 2.24) is 14.8 Å². The van der Waals surface area contributed by atoms with Gasteiger partial charge in [0.15, 0.2) is 5.16 Å². The topological polar surface area (TPSA) is 79.8 Å². The fourth-order valence-electron chi connectivity index (χ4n) is 1.85. The number of anilines is 1. The molecule has 1 aromatic heterocycles. The molecule has 23 heavy (non-hydrogen) atoms. The lowest BCUT2D eigenvalue weighted by atomic mass is 10.3. The van der Waals surface area contributed by atoms with Gasteiger partial charge in [-0.3, -0.25) is 9.36 Å². The highest BCUT2D eigenvalue weighted by Gasteiger charge is 2.19. The van der Waals surface area contributed by atoms with Gasteiger partial charge in [-0.1, -0.05) is 30.3 Å². The maximum Gasteiger partial charge on any atom is 0.343 e. The molecule has 124 valence electrons. The Morgan fingerprint density at radius 3 is 2.96 bits per heavy atom. The van der Waals surface area contributed by atoms with E-state index in [1.165, 1.54) is 16.7 Å². The maximum atomic E-state index is 13.0. The van der Waals surface area contributed by atoms with E-state index in [4.69, 9.17) is 11.6 Å². The van der Waals surface area contributed by atoms with Crippen LogP contribution >= 0.6 is 23.4 Å². The van der Waals surface area contributed by atoms with Gasteiger partial charge in [0.05, 0.1) is 16.0 Å². The third-order valence-corrected chi connectivity index (χ3v) is 4.41. The van der Waals surface area contributed by atoms with Gasteiger partial charge in [0.25, 0.3) is 0 Å². The van der Waals surface area contributed by atoms with Crippen LogP contribution in [0.4, 0.5) is 10.1 Å². The molecule has 0 spiro atoms. The number of H-pyrrole nitrogens is 1. The zero-order chi connectivity index (χ0) is 17.0. The Morgan fingerprint density at radius 2 is 2.30 bits per heavy atom. The minimum atomic E-state index is -0.512. The van der Waals surface area contributed by atoms with Crippen molar-refractivity contribution in [3.8, 4) is 0 Å². The minimum Gasteiger partial charge on any atom is -0.324 e. The highest BCUT2D eigenvalue weighted by Crippen LogP contribution is 2.25. The molecule has 1 unspecified atom stereocenters. The Balaban J connectivity index is 2.07. The first-order valence-electron chi connectivity index (χ1n) is 7.00. The summed E-state index contributed by atoms with van der Waals surface area (Å²) in [5.41, 5.74) is 0.0297. The van der Waals surface area contributed by atoms with Crippen molar-refractivity contribution >= 4 is 35.0 Å². The largest absolute Gasteiger partial charge is 0.343 e. The minimum absolute atomic E-state index is 0.123. The number of nitrogens with zero attached hydrogens (tertiary/aromatic N) is 2. The number of hydrogen-bond acceptors (Lipinski definition) is 4. The SMILES string of the molecule is CCCn1c(SC(C)C(=O)Nc2ccc(F)cc2Cl)n[nH]c1=O. The number of hydrogen-bond donors (Lipinski definition) is 2. The summed E-state index contributed by atoms with van der Waals surface area (Å²) >= 11 is 7.04. The van der Waals surface area contributed by atoms with E-state index >= 15 is 0 Å². The van der Waals surface area contributed by atoms with Gasteiger partial charge < -0.3 is 5.32 Å². The summed E-state index contributed by atoms with van der Waals surface area (Å²) in [4.78, 5) is 23.8. The molecule has 2 aromatic rings. The van der Waals surface area contributed by atoms with E-state index in [-0.39, 0.29) is 16.6 Å². The number of amides is 1. The second kappa shape index (κ2) is 7.65. The molecule has 2 rings (SSSR count). The molecule has 0 bridgehead atoms. The van der Waals surface area contributed by atoms with Crippen LogP contribution in [0.25, 0.3) is 0 Å². The fourth-order valence-corrected chi connectivity index (χ4v) is 2.95. The lowest BCUT2D eigenvalue weighted by Crippen LogP contribution is -2.24. The summed E-state index contributed by atoms with van der Waals surface area (Å²) in [5, 5.41) is 8.99. The second-order valence-corrected chi connectivity index (χ2v) is 6.55. The number of nitrogens with one attached hydrogen (secondary N) is 2. The number of benzene rings is 1. The van der Waals surface area contributed by atoms with Crippen molar-refractivity contribution < 1.29 is 9.18 Å². The van der Waals surface area contributed by atoms with Crippen LogP contribution in [-0.4, -0.2) is 25.9 Å². The molecule has 0 saturated heterocycles. The van der Waals surface area contributed by atoms with Crippen molar-refractivity contribution in [2.24, 2.45) is 0 Å². The third-order valence-electron chi connectivity index (χ3n) is 3.01. The molecule has 9 heteroatoms. The molecule has 1 aromatic carbocycles. The molecule has 0 saturated carbocycles. The van der Waals surface area contributed by atoms with Gasteiger partial charge in [-0.15, -0.1) is 5.10 Å². The number of rotatable bonds is 6. The zero-order valence-electron chi connectivity index (χ0n) is 12.6. The van der Waals surface area contributed by atoms with E-state index in [1.54, 1.807) is 6.92 Å². The second-order valence-electron chi connectivity index (χ2n) is 4.84. The van der Waals surface area contributed by atoms with Crippen molar-refractivity contribution in [2.75, 3.05) is 5.32 Å². The molecule has 1 amide bonds. The summed E-state index contributed by atoms with van der Waals surface area (Å²) in [7, 11) is 0. The monoisotopic (exact) mass is 358 g/mol. The normalized spacial score (nSPS) is 12.2. The molecule has 0 aliphatic heterocycles. The molecular formula is C14H16ClFN4O2S. The highest BCUT2D eigenvalue weighted by atomic mass is 35.5. The maximum absolute atomic E-state index is 13.0. The molecule has 1 atom stereocenters. The van der Waals surface area contributed by atoms with E-state index < -0.39 is 11.1 Å². The van der Waals surface area contributed by atoms with Gasteiger partial charge >= 0.3 is 5.69 Å². The summed E-state index contributed by atoms with van der Waals surface area (Å²) in [5.74, 6) is -0.794. The first-order valence-corrected chi connectivity index (χ1v) is 8.26. The van der Waals surface area contributed by atoms with Crippen LogP contribution in [0.2, 0.25) is 5.02 Å². The number of carbonyl (C=O) groups is 1. The van der Waals surface area contributed by atoms with Crippen LogP contribution in [0.5, 0.6) is 0 Å². The Bertz CT molecular complexity index is 761. The number of halogens is 2. The molecule has 1 heterocycles. The number of aromatic amines is 1. The first-order chi connectivity index (χ1) is 10.9. The van der Waals surface area contributed by atoms with E-state index in [1.807, 2.05) is 6.92 Å². The Morgan fingerprint density at radius 1 is 1.57 bits per heavy atom. The fraction of sp³-hybridized carbons (Fsp3) is 0.357. The molecule has 6 nitrogen and oxygen atoms in total. The predicted molar refractivity (Wildman–Crippen MR) is 88.5 cm³/mol. The lowest BCUT2D eigenvalue weighted by Gasteiger charge is -2.12. The van der Waals surface area contributed by atoms with E-state index in [0.717, 1.165) is 24.2 Å². The van der Waals surface area contributed by atoms with Gasteiger partial charge in [-0.25, -0.2) is 14.3 Å². The molecular weight excluding hydrogens is 343 g/mol. The molecule has 0 aliphatic rings. The Labute approximate surface area is 141 Å². The lowest BCUT2D eigenvalue weighted by molar-refractivity contribution is -0.115. The quantitative estimate of drug-likeness (QED) is 0.778. The van der Waals surface area contributed by atoms with Crippen molar-refractivity contribution in [1.29, 1.82) is 0 Å². The Kier molecular flexibility index (Phi) is 5.84. The van der Waals surface area contributed by atoms with Gasteiger partial charge in [0, 0.05) is 6.54 Å². The average molecular weight is 359 g/mol. The van der Waals surface area contributed by atoms with Crippen molar-refractivity contribution in [3.05, 3.63) is 39.5 Å². The standard InChI is InChI=1S/C14H16ClFN4O2S/c1-3-6-20-13(22)18-19-14(20)23-8(2)12(21)17-11-5-4-9(16)7-10(11)15/h4-5,7-8H,3,6H2,1-2H3,(H,17,21)(H,18,22). The smallest absolute Gasteiger partial charge is 0.324 e. The van der Waals surface area contributed by atoms with Crippen molar-refractivity contribution in [3.63, 3.8) is 0 Å². The van der Waals surface area contributed by atoms with E-state index in [9.17, 15) is 14.0 Å². The zero-order valence-corrected chi connectivity index (χ0v) is 14.2. The first kappa shape index (κ1) is 17.6. The molecule has 0 fully saturated rings. The molecule has 0 radical (unpaired) electrons. The van der Waals surface area contributed by atoms with Crippen LogP contribution in [-0.2, 0) is 11.3 Å². The Hall–Kier alpha value is -1.80. The van der Waals surface area contributed by atoms with Crippen molar-refractivity contribution in [2.45, 2.75) is 37.2 Å². The number of thioether (sulfide) groups is 1. The molecule has 2 N–H and O–H groups in total. The average Bonchev–Trinajstić information content (AvgIpc) is 2.83. The molecule has 0 aliphatic carbocycles. The van der Waals surface area contributed by atoms with Gasteiger partial charge in [-0.2, -0.15) is 0 Å². The van der Waals surface area contributed by atoms with Gasteiger partial charge in [0.2, 0.25) is 5.91 Å². The predicted octanol–water partition coefficient (Wildman–Crippen LogP) is 2.89. The van der Waals surface area contributed by atoms with Crippen LogP contribution in [0.1, 0.15) is 20.3 Å². The van der Waals surface area contributed by atoms with Crippen LogP contribution in [0.3, 0.4) is 0 Å². The summed E-state index contributed by atoms with van der Waals surface area (Å²) in [6.45, 7) is 4.16.